The quantitative estimate of drug-likeness (QED) is 0.691. The van der Waals surface area contributed by atoms with Gasteiger partial charge >= 0.3 is 5.97 Å². The van der Waals surface area contributed by atoms with Crippen molar-refractivity contribution in [3.8, 4) is 0 Å². The van der Waals surface area contributed by atoms with E-state index in [1.165, 1.54) is 7.11 Å². The lowest BCUT2D eigenvalue weighted by Gasteiger charge is -2.31. The predicted molar refractivity (Wildman–Crippen MR) is 65.9 cm³/mol. The van der Waals surface area contributed by atoms with Gasteiger partial charge in [0.05, 0.1) is 26.0 Å². The van der Waals surface area contributed by atoms with E-state index in [9.17, 15) is 9.59 Å². The number of morpholine rings is 1. The van der Waals surface area contributed by atoms with Crippen LogP contribution in [0.4, 0.5) is 0 Å². The van der Waals surface area contributed by atoms with E-state index >= 15 is 0 Å². The van der Waals surface area contributed by atoms with Crippen molar-refractivity contribution < 1.29 is 19.1 Å². The predicted octanol–water partition coefficient (Wildman–Crippen LogP) is 0.528. The molecular weight excluding hydrogens is 242 g/mol. The van der Waals surface area contributed by atoms with Gasteiger partial charge in [0.2, 0.25) is 5.91 Å². The van der Waals surface area contributed by atoms with E-state index in [2.05, 4.69) is 18.6 Å². The van der Waals surface area contributed by atoms with E-state index < -0.39 is 12.1 Å². The Morgan fingerprint density at radius 2 is 2.24 bits per heavy atom. The number of rotatable bonds is 4. The molecule has 1 atom stereocenters. The maximum Gasteiger partial charge on any atom is 0.336 e. The molecule has 1 aliphatic rings. The van der Waals surface area contributed by atoms with Crippen LogP contribution in [0.25, 0.3) is 0 Å². The largest absolute Gasteiger partial charge is 0.467 e. The molecule has 0 aromatic carbocycles. The lowest BCUT2D eigenvalue weighted by Crippen LogP contribution is -2.49. The summed E-state index contributed by atoms with van der Waals surface area (Å²) in [6.07, 6.45) is -0.637. The molecular formula is C11H19NO4S. The summed E-state index contributed by atoms with van der Waals surface area (Å²) >= 11 is 1.60. The van der Waals surface area contributed by atoms with Crippen molar-refractivity contribution in [1.82, 2.24) is 4.90 Å². The molecule has 0 spiro atoms. The van der Waals surface area contributed by atoms with Crippen LogP contribution in [0.5, 0.6) is 0 Å². The average Bonchev–Trinajstić information content (AvgIpc) is 2.35. The van der Waals surface area contributed by atoms with Gasteiger partial charge in [0, 0.05) is 6.54 Å². The van der Waals surface area contributed by atoms with Crippen LogP contribution >= 0.6 is 11.8 Å². The Kier molecular flexibility index (Phi) is 5.77. The molecule has 98 valence electrons. The molecule has 0 aliphatic carbocycles. The lowest BCUT2D eigenvalue weighted by molar-refractivity contribution is -0.161. The first kappa shape index (κ1) is 14.3. The zero-order valence-corrected chi connectivity index (χ0v) is 11.3. The molecule has 0 N–H and O–H groups in total. The van der Waals surface area contributed by atoms with Crippen LogP contribution in [0.2, 0.25) is 0 Å². The van der Waals surface area contributed by atoms with Crippen molar-refractivity contribution in [2.24, 2.45) is 0 Å². The number of hydrogen-bond acceptors (Lipinski definition) is 5. The minimum Gasteiger partial charge on any atom is -0.467 e. The van der Waals surface area contributed by atoms with Gasteiger partial charge in [-0.3, -0.25) is 4.79 Å². The first-order chi connectivity index (χ1) is 8.04. The van der Waals surface area contributed by atoms with Gasteiger partial charge in [0.15, 0.2) is 6.10 Å². The van der Waals surface area contributed by atoms with E-state index in [1.54, 1.807) is 16.7 Å². The van der Waals surface area contributed by atoms with Gasteiger partial charge in [-0.25, -0.2) is 4.79 Å². The Hall–Kier alpha value is -0.750. The Labute approximate surface area is 106 Å². The zero-order valence-electron chi connectivity index (χ0n) is 10.5. The molecule has 0 aromatic rings. The summed E-state index contributed by atoms with van der Waals surface area (Å²) in [6.45, 7) is 5.33. The summed E-state index contributed by atoms with van der Waals surface area (Å²) in [4.78, 5) is 24.8. The molecule has 6 heteroatoms. The molecule has 0 saturated carbocycles. The summed E-state index contributed by atoms with van der Waals surface area (Å²) in [6, 6.07) is 0. The molecule has 1 fully saturated rings. The first-order valence-corrected chi connectivity index (χ1v) is 6.68. The lowest BCUT2D eigenvalue weighted by atomic mass is 10.2. The Bertz CT molecular complexity index is 283. The van der Waals surface area contributed by atoms with Gasteiger partial charge in [0.1, 0.15) is 0 Å². The fourth-order valence-corrected chi connectivity index (χ4v) is 2.14. The van der Waals surface area contributed by atoms with E-state index in [1.807, 2.05) is 0 Å². The molecule has 1 unspecified atom stereocenters. The van der Waals surface area contributed by atoms with Crippen molar-refractivity contribution in [3.05, 3.63) is 0 Å². The van der Waals surface area contributed by atoms with Gasteiger partial charge in [0.25, 0.3) is 0 Å². The van der Waals surface area contributed by atoms with Crippen molar-refractivity contribution in [2.45, 2.75) is 25.2 Å². The number of carbonyl (C=O) groups excluding carboxylic acids is 2. The minimum atomic E-state index is -0.637. The van der Waals surface area contributed by atoms with E-state index in [0.29, 0.717) is 30.7 Å². The second-order valence-corrected chi connectivity index (χ2v) is 5.65. The number of esters is 1. The molecule has 0 aromatic heterocycles. The summed E-state index contributed by atoms with van der Waals surface area (Å²) in [5.74, 6) is 0.0888. The highest BCUT2D eigenvalue weighted by Crippen LogP contribution is 2.13. The van der Waals surface area contributed by atoms with E-state index in [4.69, 9.17) is 4.74 Å². The number of amides is 1. The smallest absolute Gasteiger partial charge is 0.336 e. The monoisotopic (exact) mass is 261 g/mol. The normalized spacial score (nSPS) is 20.5. The third kappa shape index (κ3) is 4.55. The molecule has 17 heavy (non-hydrogen) atoms. The van der Waals surface area contributed by atoms with Crippen molar-refractivity contribution in [3.63, 3.8) is 0 Å². The molecule has 1 saturated heterocycles. The van der Waals surface area contributed by atoms with Gasteiger partial charge < -0.3 is 14.4 Å². The Morgan fingerprint density at radius 3 is 2.82 bits per heavy atom. The summed E-state index contributed by atoms with van der Waals surface area (Å²) in [5, 5.41) is 0.427. The van der Waals surface area contributed by atoms with Crippen LogP contribution in [0.3, 0.4) is 0 Å². The third-order valence-electron chi connectivity index (χ3n) is 2.42. The van der Waals surface area contributed by atoms with E-state index in [-0.39, 0.29) is 5.91 Å². The number of hydrogen-bond donors (Lipinski definition) is 0. The second kappa shape index (κ2) is 6.86. The highest BCUT2D eigenvalue weighted by atomic mass is 32.2. The molecule has 1 rings (SSSR count). The molecule has 5 nitrogen and oxygen atoms in total. The topological polar surface area (TPSA) is 55.8 Å². The Morgan fingerprint density at radius 1 is 1.53 bits per heavy atom. The Balaban J connectivity index is 2.43. The highest BCUT2D eigenvalue weighted by Gasteiger charge is 2.29. The van der Waals surface area contributed by atoms with Crippen molar-refractivity contribution >= 4 is 23.6 Å². The first-order valence-electron chi connectivity index (χ1n) is 5.63. The number of methoxy groups -OCH3 is 1. The van der Waals surface area contributed by atoms with Crippen LogP contribution in [0.15, 0.2) is 0 Å². The third-order valence-corrected chi connectivity index (χ3v) is 3.50. The average molecular weight is 261 g/mol. The fourth-order valence-electron chi connectivity index (χ4n) is 1.48. The molecule has 1 aliphatic heterocycles. The molecule has 0 bridgehead atoms. The van der Waals surface area contributed by atoms with Gasteiger partial charge in [-0.1, -0.05) is 13.8 Å². The fraction of sp³-hybridized carbons (Fsp3) is 0.818. The number of ether oxygens (including phenoxy) is 2. The van der Waals surface area contributed by atoms with Crippen LogP contribution in [0, 0.1) is 0 Å². The number of carbonyl (C=O) groups is 2. The minimum absolute atomic E-state index is 0.0564. The van der Waals surface area contributed by atoms with Crippen LogP contribution in [-0.2, 0) is 19.1 Å². The van der Waals surface area contributed by atoms with Crippen LogP contribution in [-0.4, -0.2) is 60.7 Å². The molecule has 1 heterocycles. The molecule has 0 radical (unpaired) electrons. The SMILES string of the molecule is COC(=O)C1CN(C(=O)CSC(C)C)CCO1. The zero-order chi connectivity index (χ0) is 12.8. The summed E-state index contributed by atoms with van der Waals surface area (Å²) in [5.41, 5.74) is 0. The number of nitrogens with zero attached hydrogens (tertiary/aromatic N) is 1. The van der Waals surface area contributed by atoms with Gasteiger partial charge in [-0.15, -0.1) is 11.8 Å². The maximum atomic E-state index is 11.9. The van der Waals surface area contributed by atoms with Gasteiger partial charge in [-0.05, 0) is 5.25 Å². The van der Waals surface area contributed by atoms with E-state index in [0.717, 1.165) is 0 Å². The van der Waals surface area contributed by atoms with Gasteiger partial charge in [-0.2, -0.15) is 0 Å². The highest BCUT2D eigenvalue weighted by molar-refractivity contribution is 8.00. The summed E-state index contributed by atoms with van der Waals surface area (Å²) in [7, 11) is 1.32. The van der Waals surface area contributed by atoms with Crippen molar-refractivity contribution in [1.29, 1.82) is 0 Å². The molecule has 1 amide bonds. The van der Waals surface area contributed by atoms with Crippen LogP contribution in [0.1, 0.15) is 13.8 Å². The number of thioether (sulfide) groups is 1. The van der Waals surface area contributed by atoms with Crippen molar-refractivity contribution in [2.75, 3.05) is 32.6 Å². The second-order valence-electron chi connectivity index (χ2n) is 4.08. The van der Waals surface area contributed by atoms with Crippen LogP contribution < -0.4 is 0 Å². The standard InChI is InChI=1S/C11H19NO4S/c1-8(2)17-7-10(13)12-4-5-16-9(6-12)11(14)15-3/h8-9H,4-7H2,1-3H3. The maximum absolute atomic E-state index is 11.9. The summed E-state index contributed by atoms with van der Waals surface area (Å²) < 4.78 is 9.87.